The maximum Gasteiger partial charge on any atom is 0.339 e. The van der Waals surface area contributed by atoms with Crippen LogP contribution in [0.25, 0.3) is 0 Å². The van der Waals surface area contributed by atoms with Gasteiger partial charge >= 0.3 is 5.97 Å². The molecule has 0 spiro atoms. The predicted octanol–water partition coefficient (Wildman–Crippen LogP) is 3.88. The molecule has 6 heteroatoms. The second kappa shape index (κ2) is 10.5. The monoisotopic (exact) mass is 421 g/mol. The Bertz CT molecular complexity index is 982. The average Bonchev–Trinajstić information content (AvgIpc) is 2.81. The second-order valence-corrected chi connectivity index (χ2v) is 8.24. The molecule has 0 unspecified atom stereocenters. The molecule has 0 bridgehead atoms. The quantitative estimate of drug-likeness (QED) is 0.561. The van der Waals surface area contributed by atoms with Gasteiger partial charge in [-0.3, -0.25) is 9.00 Å². The van der Waals surface area contributed by atoms with E-state index in [4.69, 9.17) is 4.74 Å². The SMILES string of the molecule is CC[S@](=O)c1ccccc1C(=O)OCC(=O)NC(c1ccccc1)c1ccccc1. The summed E-state index contributed by atoms with van der Waals surface area (Å²) in [4.78, 5) is 25.5. The molecule has 154 valence electrons. The maximum atomic E-state index is 12.6. The third kappa shape index (κ3) is 5.42. The molecule has 0 fully saturated rings. The zero-order chi connectivity index (χ0) is 21.3. The summed E-state index contributed by atoms with van der Waals surface area (Å²) in [6, 6.07) is 25.4. The van der Waals surface area contributed by atoms with Gasteiger partial charge in [0.25, 0.3) is 5.91 Å². The van der Waals surface area contributed by atoms with Crippen molar-refractivity contribution >= 4 is 22.7 Å². The molecule has 1 atom stereocenters. The Kier molecular flexibility index (Phi) is 7.51. The standard InChI is InChI=1S/C24H23NO4S/c1-2-30(28)21-16-10-9-15-20(21)24(27)29-17-22(26)25-23(18-11-5-3-6-12-18)19-13-7-4-8-14-19/h3-16,23H,2,17H2,1H3,(H,25,26)/t30-/m0/s1. The summed E-state index contributed by atoms with van der Waals surface area (Å²) in [5, 5.41) is 2.93. The molecule has 30 heavy (non-hydrogen) atoms. The van der Waals surface area contributed by atoms with E-state index < -0.39 is 29.3 Å². The molecule has 0 radical (unpaired) electrons. The summed E-state index contributed by atoms with van der Waals surface area (Å²) in [6.07, 6.45) is 0. The zero-order valence-electron chi connectivity index (χ0n) is 16.6. The van der Waals surface area contributed by atoms with Crippen LogP contribution in [-0.4, -0.2) is 28.4 Å². The van der Waals surface area contributed by atoms with E-state index in [1.807, 2.05) is 60.7 Å². The lowest BCUT2D eigenvalue weighted by Crippen LogP contribution is -2.33. The van der Waals surface area contributed by atoms with Crippen LogP contribution in [0.5, 0.6) is 0 Å². The smallest absolute Gasteiger partial charge is 0.339 e. The van der Waals surface area contributed by atoms with Crippen LogP contribution >= 0.6 is 0 Å². The van der Waals surface area contributed by atoms with E-state index in [1.165, 1.54) is 0 Å². The lowest BCUT2D eigenvalue weighted by atomic mass is 9.99. The molecule has 0 aliphatic rings. The second-order valence-electron chi connectivity index (χ2n) is 6.53. The normalized spacial score (nSPS) is 11.7. The zero-order valence-corrected chi connectivity index (χ0v) is 17.4. The summed E-state index contributed by atoms with van der Waals surface area (Å²) in [6.45, 7) is 1.35. The Labute approximate surface area is 178 Å². The first kappa shape index (κ1) is 21.5. The fraction of sp³-hybridized carbons (Fsp3) is 0.167. The Balaban J connectivity index is 1.70. The molecule has 0 aromatic heterocycles. The van der Waals surface area contributed by atoms with Gasteiger partial charge in [0.15, 0.2) is 6.61 Å². The summed E-state index contributed by atoms with van der Waals surface area (Å²) >= 11 is 0. The van der Waals surface area contributed by atoms with Crippen LogP contribution in [0.3, 0.4) is 0 Å². The van der Waals surface area contributed by atoms with Crippen molar-refractivity contribution in [2.45, 2.75) is 17.9 Å². The topological polar surface area (TPSA) is 72.5 Å². The predicted molar refractivity (Wildman–Crippen MR) is 117 cm³/mol. The van der Waals surface area contributed by atoms with Crippen molar-refractivity contribution in [2.75, 3.05) is 12.4 Å². The van der Waals surface area contributed by atoms with E-state index in [-0.39, 0.29) is 11.6 Å². The van der Waals surface area contributed by atoms with Gasteiger partial charge in [-0.25, -0.2) is 4.79 Å². The van der Waals surface area contributed by atoms with Crippen molar-refractivity contribution < 1.29 is 18.5 Å². The molecular formula is C24H23NO4S. The van der Waals surface area contributed by atoms with E-state index in [0.717, 1.165) is 11.1 Å². The molecule has 0 aliphatic carbocycles. The number of amides is 1. The number of hydrogen-bond donors (Lipinski definition) is 1. The van der Waals surface area contributed by atoms with Crippen LogP contribution < -0.4 is 5.32 Å². The van der Waals surface area contributed by atoms with Gasteiger partial charge in [0.2, 0.25) is 0 Å². The minimum absolute atomic E-state index is 0.216. The summed E-state index contributed by atoms with van der Waals surface area (Å²) in [7, 11) is -1.30. The Morgan fingerprint density at radius 3 is 1.97 bits per heavy atom. The molecule has 3 aromatic carbocycles. The number of ether oxygens (including phenoxy) is 1. The Morgan fingerprint density at radius 2 is 1.40 bits per heavy atom. The van der Waals surface area contributed by atoms with E-state index in [1.54, 1.807) is 31.2 Å². The molecule has 3 rings (SSSR count). The van der Waals surface area contributed by atoms with Crippen molar-refractivity contribution in [3.8, 4) is 0 Å². The largest absolute Gasteiger partial charge is 0.452 e. The van der Waals surface area contributed by atoms with Gasteiger partial charge in [0.05, 0.1) is 27.3 Å². The molecule has 0 saturated carbocycles. The van der Waals surface area contributed by atoms with E-state index >= 15 is 0 Å². The van der Waals surface area contributed by atoms with Crippen molar-refractivity contribution in [1.82, 2.24) is 5.32 Å². The van der Waals surface area contributed by atoms with Crippen molar-refractivity contribution in [1.29, 1.82) is 0 Å². The molecule has 3 aromatic rings. The number of hydrogen-bond acceptors (Lipinski definition) is 4. The van der Waals surface area contributed by atoms with Gasteiger partial charge in [-0.05, 0) is 23.3 Å². The molecule has 5 nitrogen and oxygen atoms in total. The number of carbonyl (C=O) groups excluding carboxylic acids is 2. The third-order valence-corrected chi connectivity index (χ3v) is 5.89. The molecule has 1 amide bonds. The molecule has 0 saturated heterocycles. The summed E-state index contributed by atoms with van der Waals surface area (Å²) in [5.41, 5.74) is 2.06. The van der Waals surface area contributed by atoms with Crippen LogP contribution in [0.2, 0.25) is 0 Å². The van der Waals surface area contributed by atoms with E-state index in [0.29, 0.717) is 10.6 Å². The number of carbonyl (C=O) groups is 2. The van der Waals surface area contributed by atoms with E-state index in [2.05, 4.69) is 5.32 Å². The highest BCUT2D eigenvalue weighted by molar-refractivity contribution is 7.85. The first-order valence-electron chi connectivity index (χ1n) is 9.64. The lowest BCUT2D eigenvalue weighted by Gasteiger charge is -2.20. The molecule has 1 N–H and O–H groups in total. The van der Waals surface area contributed by atoms with Crippen LogP contribution in [0.15, 0.2) is 89.8 Å². The van der Waals surface area contributed by atoms with Crippen LogP contribution in [-0.2, 0) is 20.3 Å². The minimum Gasteiger partial charge on any atom is -0.452 e. The summed E-state index contributed by atoms with van der Waals surface area (Å²) < 4.78 is 17.4. The fourth-order valence-electron chi connectivity index (χ4n) is 3.05. The van der Waals surface area contributed by atoms with Crippen molar-refractivity contribution in [3.63, 3.8) is 0 Å². The van der Waals surface area contributed by atoms with Crippen LogP contribution in [0.1, 0.15) is 34.5 Å². The average molecular weight is 422 g/mol. The highest BCUT2D eigenvalue weighted by Gasteiger charge is 2.20. The minimum atomic E-state index is -1.30. The van der Waals surface area contributed by atoms with Crippen molar-refractivity contribution in [3.05, 3.63) is 102 Å². The van der Waals surface area contributed by atoms with E-state index in [9.17, 15) is 13.8 Å². The number of esters is 1. The van der Waals surface area contributed by atoms with Gasteiger partial charge in [-0.15, -0.1) is 0 Å². The maximum absolute atomic E-state index is 12.6. The molecule has 0 heterocycles. The van der Waals surface area contributed by atoms with Gasteiger partial charge in [-0.2, -0.15) is 0 Å². The highest BCUT2D eigenvalue weighted by atomic mass is 32.2. The first-order chi connectivity index (χ1) is 14.6. The Hall–Kier alpha value is -3.25. The molecule has 0 aliphatic heterocycles. The third-order valence-electron chi connectivity index (χ3n) is 4.52. The molecular weight excluding hydrogens is 398 g/mol. The van der Waals surface area contributed by atoms with Crippen LogP contribution in [0.4, 0.5) is 0 Å². The summed E-state index contributed by atoms with van der Waals surface area (Å²) in [5.74, 6) is -0.700. The number of benzene rings is 3. The van der Waals surface area contributed by atoms with Gasteiger partial charge in [0.1, 0.15) is 0 Å². The number of rotatable bonds is 8. The lowest BCUT2D eigenvalue weighted by molar-refractivity contribution is -0.124. The first-order valence-corrected chi connectivity index (χ1v) is 11.0. The Morgan fingerprint density at radius 1 is 0.867 bits per heavy atom. The fourth-order valence-corrected chi connectivity index (χ4v) is 3.99. The van der Waals surface area contributed by atoms with Gasteiger partial charge in [-0.1, -0.05) is 79.7 Å². The highest BCUT2D eigenvalue weighted by Crippen LogP contribution is 2.21. The van der Waals surface area contributed by atoms with Gasteiger partial charge in [0, 0.05) is 5.75 Å². The van der Waals surface area contributed by atoms with Gasteiger partial charge < -0.3 is 10.1 Å². The van der Waals surface area contributed by atoms with Crippen LogP contribution in [0, 0.1) is 0 Å². The number of nitrogens with one attached hydrogen (secondary N) is 1. The van der Waals surface area contributed by atoms with Crippen molar-refractivity contribution in [2.24, 2.45) is 0 Å².